The van der Waals surface area contributed by atoms with E-state index >= 15 is 0 Å². The van der Waals surface area contributed by atoms with E-state index in [2.05, 4.69) is 15.5 Å². The zero-order chi connectivity index (χ0) is 8.43. The molecule has 0 atom stereocenters. The molecule has 0 bridgehead atoms. The van der Waals surface area contributed by atoms with Gasteiger partial charge in [0.2, 0.25) is 0 Å². The third kappa shape index (κ3) is 1.26. The maximum atomic E-state index is 9.85. The normalized spacial score (nSPS) is 14.9. The van der Waals surface area contributed by atoms with Gasteiger partial charge in [-0.05, 0) is 9.85 Å². The predicted molar refractivity (Wildman–Crippen MR) is 31.0 cm³/mol. The molecule has 11 heavy (non-hydrogen) atoms. The highest BCUT2D eigenvalue weighted by molar-refractivity contribution is 5.91. The van der Waals surface area contributed by atoms with Crippen LogP contribution in [-0.2, 0) is 0 Å². The average Bonchev–Trinajstić information content (AvgIpc) is 2.33. The van der Waals surface area contributed by atoms with Crippen molar-refractivity contribution in [2.75, 3.05) is 0 Å². The summed E-state index contributed by atoms with van der Waals surface area (Å²) in [7, 11) is 0. The second-order valence-corrected chi connectivity index (χ2v) is 1.43. The van der Waals surface area contributed by atoms with Crippen molar-refractivity contribution >= 4 is 11.9 Å². The monoisotopic (exact) mass is 158 g/mol. The van der Waals surface area contributed by atoms with Crippen LogP contribution in [0, 0.1) is 20.2 Å². The maximum Gasteiger partial charge on any atom is 0.512 e. The maximum absolute atomic E-state index is 9.85. The van der Waals surface area contributed by atoms with Crippen molar-refractivity contribution in [1.29, 1.82) is 0 Å². The van der Waals surface area contributed by atoms with E-state index in [-0.39, 0.29) is 0 Å². The van der Waals surface area contributed by atoms with E-state index in [0.29, 0.717) is 0 Å². The molecule has 1 radical (unpaired) electrons. The number of nitro groups is 2. The van der Waals surface area contributed by atoms with Crippen LogP contribution in [0.15, 0.2) is 10.1 Å². The quantitative estimate of drug-likeness (QED) is 0.323. The van der Waals surface area contributed by atoms with Crippen LogP contribution in [-0.4, -0.2) is 21.8 Å². The van der Waals surface area contributed by atoms with Gasteiger partial charge in [-0.1, -0.05) is 0 Å². The van der Waals surface area contributed by atoms with Crippen molar-refractivity contribution in [3.05, 3.63) is 20.2 Å². The molecule has 1 rings (SSSR count). The van der Waals surface area contributed by atoms with E-state index in [1.165, 1.54) is 0 Å². The molecule has 0 aromatic rings. The number of guanidine groups is 2. The van der Waals surface area contributed by atoms with E-state index < -0.39 is 21.8 Å². The zero-order valence-corrected chi connectivity index (χ0v) is 4.87. The van der Waals surface area contributed by atoms with Crippen molar-refractivity contribution in [3.8, 4) is 0 Å². The van der Waals surface area contributed by atoms with E-state index in [0.717, 1.165) is 0 Å². The summed E-state index contributed by atoms with van der Waals surface area (Å²) >= 11 is 0. The molecule has 0 unspecified atom stereocenters. The topological polar surface area (TPSA) is 125 Å². The van der Waals surface area contributed by atoms with Crippen LogP contribution >= 0.6 is 0 Å². The van der Waals surface area contributed by atoms with Crippen LogP contribution in [0.3, 0.4) is 0 Å². The van der Waals surface area contributed by atoms with Gasteiger partial charge in [-0.15, -0.1) is 0 Å². The minimum absolute atomic E-state index is 0.864. The Morgan fingerprint density at radius 1 is 1.09 bits per heavy atom. The van der Waals surface area contributed by atoms with Gasteiger partial charge < -0.3 is 20.2 Å². The van der Waals surface area contributed by atoms with Crippen LogP contribution in [0.5, 0.6) is 0 Å². The summed E-state index contributed by atoms with van der Waals surface area (Å²) in [5, 5.41) is 22.5. The standard InChI is InChI=1S/C2N5O4/c8-6(9)1-3-2(5-4-1)7(10)11. The summed E-state index contributed by atoms with van der Waals surface area (Å²) in [6.45, 7) is 0. The van der Waals surface area contributed by atoms with E-state index in [9.17, 15) is 20.2 Å². The molecule has 0 fully saturated rings. The van der Waals surface area contributed by atoms with Crippen molar-refractivity contribution in [2.45, 2.75) is 0 Å². The molecule has 1 heterocycles. The summed E-state index contributed by atoms with van der Waals surface area (Å²) in [5.74, 6) is -1.73. The molecule has 0 N–H and O–H groups in total. The largest absolute Gasteiger partial charge is 0.512 e. The molecular formula is C2N5O4. The number of hydrogen-bond acceptors (Lipinski definition) is 6. The van der Waals surface area contributed by atoms with Crippen LogP contribution in [0.25, 0.3) is 0 Å². The van der Waals surface area contributed by atoms with Gasteiger partial charge in [0.15, 0.2) is 0 Å². The summed E-state index contributed by atoms with van der Waals surface area (Å²) in [4.78, 5) is 20.7. The summed E-state index contributed by atoms with van der Waals surface area (Å²) < 4.78 is 0. The van der Waals surface area contributed by atoms with Gasteiger partial charge in [-0.25, -0.2) is 0 Å². The van der Waals surface area contributed by atoms with Crippen LogP contribution in [0.2, 0.25) is 0 Å². The Morgan fingerprint density at radius 2 is 1.64 bits per heavy atom. The molecule has 0 saturated heterocycles. The Hall–Kier alpha value is -2.06. The molecule has 9 nitrogen and oxygen atoms in total. The second kappa shape index (κ2) is 2.28. The SMILES string of the molecule is O=[N+]([O-])C1=NC([N+](=O)[O-])=N[N]1. The molecule has 9 heteroatoms. The van der Waals surface area contributed by atoms with Gasteiger partial charge in [0, 0.05) is 4.99 Å². The third-order valence-corrected chi connectivity index (χ3v) is 0.755. The van der Waals surface area contributed by atoms with Gasteiger partial charge in [0.25, 0.3) is 0 Å². The fourth-order valence-electron chi connectivity index (χ4n) is 0.378. The Bertz CT molecular complexity index is 278. The third-order valence-electron chi connectivity index (χ3n) is 0.755. The molecule has 0 amide bonds. The van der Waals surface area contributed by atoms with Gasteiger partial charge in [0.05, 0.1) is 0 Å². The minimum Gasteiger partial charge on any atom is -0.390 e. The average molecular weight is 158 g/mol. The van der Waals surface area contributed by atoms with Crippen molar-refractivity contribution in [1.82, 2.24) is 5.43 Å². The fraction of sp³-hybridized carbons (Fsp3) is 0. The van der Waals surface area contributed by atoms with Crippen molar-refractivity contribution in [2.24, 2.45) is 10.1 Å². The Morgan fingerprint density at radius 3 is 1.91 bits per heavy atom. The van der Waals surface area contributed by atoms with E-state index in [1.807, 2.05) is 0 Å². The first-order chi connectivity index (χ1) is 5.11. The van der Waals surface area contributed by atoms with E-state index in [1.54, 1.807) is 0 Å². The first-order valence-corrected chi connectivity index (χ1v) is 2.27. The molecule has 57 valence electrons. The second-order valence-electron chi connectivity index (χ2n) is 1.43. The molecule has 1 aliphatic heterocycles. The van der Waals surface area contributed by atoms with Gasteiger partial charge >= 0.3 is 11.9 Å². The van der Waals surface area contributed by atoms with Gasteiger partial charge in [-0.2, -0.15) is 0 Å². The molecule has 0 saturated carbocycles. The van der Waals surface area contributed by atoms with Gasteiger partial charge in [-0.3, -0.25) is 0 Å². The van der Waals surface area contributed by atoms with Crippen molar-refractivity contribution < 1.29 is 9.85 Å². The number of rotatable bonds is 0. The molecule has 0 spiro atoms. The highest BCUT2D eigenvalue weighted by Crippen LogP contribution is 1.93. The van der Waals surface area contributed by atoms with Crippen LogP contribution in [0.4, 0.5) is 0 Å². The van der Waals surface area contributed by atoms with Gasteiger partial charge in [0.1, 0.15) is 10.5 Å². The number of hydrogen-bond donors (Lipinski definition) is 0. The van der Waals surface area contributed by atoms with Crippen LogP contribution in [0.1, 0.15) is 0 Å². The molecular weight excluding hydrogens is 158 g/mol. The van der Waals surface area contributed by atoms with E-state index in [4.69, 9.17) is 0 Å². The van der Waals surface area contributed by atoms with Crippen LogP contribution < -0.4 is 5.43 Å². The Balaban J connectivity index is 2.79. The Kier molecular flexibility index (Phi) is 1.46. The molecule has 0 aromatic carbocycles. The molecule has 1 aliphatic rings. The summed E-state index contributed by atoms with van der Waals surface area (Å²) in [5.41, 5.74) is 2.84. The lowest BCUT2D eigenvalue weighted by Crippen LogP contribution is -2.17. The summed E-state index contributed by atoms with van der Waals surface area (Å²) in [6, 6.07) is 0. The fourth-order valence-corrected chi connectivity index (χ4v) is 0.378. The predicted octanol–water partition coefficient (Wildman–Crippen LogP) is -1.22. The first kappa shape index (κ1) is 7.05. The zero-order valence-electron chi connectivity index (χ0n) is 4.87. The number of nitrogens with zero attached hydrogens (tertiary/aromatic N) is 5. The lowest BCUT2D eigenvalue weighted by atomic mass is 11.0. The summed E-state index contributed by atoms with van der Waals surface area (Å²) in [6.07, 6.45) is 0. The highest BCUT2D eigenvalue weighted by atomic mass is 16.6. The number of aliphatic imine (C=N–C) groups is 1. The lowest BCUT2D eigenvalue weighted by molar-refractivity contribution is -0.358. The first-order valence-electron chi connectivity index (χ1n) is 2.27. The molecule has 0 aromatic heterocycles. The molecule has 0 aliphatic carbocycles. The lowest BCUT2D eigenvalue weighted by Gasteiger charge is -1.84. The minimum atomic E-state index is -0.958. The Labute approximate surface area is 58.7 Å². The smallest absolute Gasteiger partial charge is 0.390 e. The highest BCUT2D eigenvalue weighted by Gasteiger charge is 2.32. The van der Waals surface area contributed by atoms with Crippen molar-refractivity contribution in [3.63, 3.8) is 0 Å².